The van der Waals surface area contributed by atoms with E-state index in [4.69, 9.17) is 0 Å². The molecule has 0 unspecified atom stereocenters. The van der Waals surface area contributed by atoms with Gasteiger partial charge in [-0.15, -0.1) is 0 Å². The predicted octanol–water partition coefficient (Wildman–Crippen LogP) is 2.61. The molecule has 1 rings (SSSR count). The summed E-state index contributed by atoms with van der Waals surface area (Å²) >= 11 is 0. The SMILES string of the molecule is C=C(C)CNC(=O)c1cc(C)ccc1C. The van der Waals surface area contributed by atoms with Crippen molar-refractivity contribution in [3.05, 3.63) is 47.0 Å². The van der Waals surface area contributed by atoms with Crippen LogP contribution in [0.15, 0.2) is 30.4 Å². The summed E-state index contributed by atoms with van der Waals surface area (Å²) in [6, 6.07) is 5.87. The molecule has 1 aromatic rings. The van der Waals surface area contributed by atoms with Crippen LogP contribution in [0.2, 0.25) is 0 Å². The third-order valence-electron chi connectivity index (χ3n) is 2.19. The van der Waals surface area contributed by atoms with Crippen LogP contribution in [-0.4, -0.2) is 12.5 Å². The van der Waals surface area contributed by atoms with E-state index in [1.54, 1.807) is 0 Å². The van der Waals surface area contributed by atoms with Gasteiger partial charge < -0.3 is 5.32 Å². The van der Waals surface area contributed by atoms with E-state index in [-0.39, 0.29) is 5.91 Å². The Morgan fingerprint density at radius 1 is 1.40 bits per heavy atom. The van der Waals surface area contributed by atoms with E-state index in [2.05, 4.69) is 11.9 Å². The van der Waals surface area contributed by atoms with E-state index >= 15 is 0 Å². The normalized spacial score (nSPS) is 9.80. The number of benzene rings is 1. The summed E-state index contributed by atoms with van der Waals surface area (Å²) in [5, 5.41) is 2.83. The van der Waals surface area contributed by atoms with Gasteiger partial charge in [0.2, 0.25) is 0 Å². The number of hydrogen-bond donors (Lipinski definition) is 1. The van der Waals surface area contributed by atoms with Gasteiger partial charge in [-0.05, 0) is 32.4 Å². The molecule has 0 saturated carbocycles. The van der Waals surface area contributed by atoms with Gasteiger partial charge in [0.25, 0.3) is 5.91 Å². The predicted molar refractivity (Wildman–Crippen MR) is 63.1 cm³/mol. The lowest BCUT2D eigenvalue weighted by atomic mass is 10.1. The van der Waals surface area contributed by atoms with Crippen LogP contribution in [0.3, 0.4) is 0 Å². The molecule has 0 aromatic heterocycles. The van der Waals surface area contributed by atoms with Crippen molar-refractivity contribution < 1.29 is 4.79 Å². The molecule has 0 bridgehead atoms. The number of nitrogens with one attached hydrogen (secondary N) is 1. The molecule has 0 aliphatic rings. The topological polar surface area (TPSA) is 29.1 Å². The summed E-state index contributed by atoms with van der Waals surface area (Å²) < 4.78 is 0. The Hall–Kier alpha value is -1.57. The van der Waals surface area contributed by atoms with Crippen LogP contribution >= 0.6 is 0 Å². The summed E-state index contributed by atoms with van der Waals surface area (Å²) in [6.45, 7) is 10.1. The second-order valence-electron chi connectivity index (χ2n) is 3.96. The molecule has 1 N–H and O–H groups in total. The van der Waals surface area contributed by atoms with Crippen LogP contribution < -0.4 is 5.32 Å². The van der Waals surface area contributed by atoms with Crippen molar-refractivity contribution in [1.82, 2.24) is 5.32 Å². The second-order valence-corrected chi connectivity index (χ2v) is 3.96. The molecule has 0 aliphatic heterocycles. The molecule has 1 aromatic carbocycles. The quantitative estimate of drug-likeness (QED) is 0.752. The van der Waals surface area contributed by atoms with Crippen molar-refractivity contribution in [2.45, 2.75) is 20.8 Å². The first-order valence-corrected chi connectivity index (χ1v) is 5.00. The summed E-state index contributed by atoms with van der Waals surface area (Å²) in [6.07, 6.45) is 0. The first-order chi connectivity index (χ1) is 7.00. The van der Waals surface area contributed by atoms with Crippen LogP contribution in [0.5, 0.6) is 0 Å². The van der Waals surface area contributed by atoms with Crippen LogP contribution in [0.4, 0.5) is 0 Å². The molecule has 0 atom stereocenters. The minimum absolute atomic E-state index is 0.0285. The zero-order chi connectivity index (χ0) is 11.4. The summed E-state index contributed by atoms with van der Waals surface area (Å²) in [7, 11) is 0. The van der Waals surface area contributed by atoms with Gasteiger partial charge in [0, 0.05) is 12.1 Å². The van der Waals surface area contributed by atoms with Crippen molar-refractivity contribution in [1.29, 1.82) is 0 Å². The highest BCUT2D eigenvalue weighted by molar-refractivity contribution is 5.95. The Bertz CT molecular complexity index is 394. The molecule has 0 spiro atoms. The van der Waals surface area contributed by atoms with E-state index in [9.17, 15) is 4.79 Å². The van der Waals surface area contributed by atoms with E-state index in [0.29, 0.717) is 6.54 Å². The lowest BCUT2D eigenvalue weighted by Gasteiger charge is -2.08. The summed E-state index contributed by atoms with van der Waals surface area (Å²) in [4.78, 5) is 11.8. The molecular weight excluding hydrogens is 186 g/mol. The standard InChI is InChI=1S/C13H17NO/c1-9(2)8-14-13(15)12-7-10(3)5-6-11(12)4/h5-7H,1,8H2,2-4H3,(H,14,15). The monoisotopic (exact) mass is 203 g/mol. The smallest absolute Gasteiger partial charge is 0.251 e. The van der Waals surface area contributed by atoms with Crippen molar-refractivity contribution in [2.75, 3.05) is 6.54 Å². The molecule has 80 valence electrons. The highest BCUT2D eigenvalue weighted by atomic mass is 16.1. The molecule has 0 radical (unpaired) electrons. The Labute approximate surface area is 91.0 Å². The van der Waals surface area contributed by atoms with Crippen LogP contribution in [-0.2, 0) is 0 Å². The van der Waals surface area contributed by atoms with Gasteiger partial charge in [-0.25, -0.2) is 0 Å². The Balaban J connectivity index is 2.81. The minimum Gasteiger partial charge on any atom is -0.348 e. The van der Waals surface area contributed by atoms with E-state index < -0.39 is 0 Å². The average Bonchev–Trinajstić information content (AvgIpc) is 2.18. The van der Waals surface area contributed by atoms with Gasteiger partial charge in [-0.3, -0.25) is 4.79 Å². The fraction of sp³-hybridized carbons (Fsp3) is 0.308. The third kappa shape index (κ3) is 3.24. The number of aryl methyl sites for hydroxylation is 2. The fourth-order valence-corrected chi connectivity index (χ4v) is 1.31. The molecule has 0 aliphatic carbocycles. The van der Waals surface area contributed by atoms with Crippen molar-refractivity contribution >= 4 is 5.91 Å². The molecule has 0 saturated heterocycles. The van der Waals surface area contributed by atoms with Gasteiger partial charge in [0.15, 0.2) is 0 Å². The highest BCUT2D eigenvalue weighted by Gasteiger charge is 2.07. The minimum atomic E-state index is -0.0285. The maximum absolute atomic E-state index is 11.8. The van der Waals surface area contributed by atoms with Gasteiger partial charge >= 0.3 is 0 Å². The maximum atomic E-state index is 11.8. The number of rotatable bonds is 3. The second kappa shape index (κ2) is 4.78. The zero-order valence-corrected chi connectivity index (χ0v) is 9.55. The zero-order valence-electron chi connectivity index (χ0n) is 9.55. The van der Waals surface area contributed by atoms with Gasteiger partial charge in [0.05, 0.1) is 0 Å². The van der Waals surface area contributed by atoms with Gasteiger partial charge in [0.1, 0.15) is 0 Å². The molecule has 1 amide bonds. The fourth-order valence-electron chi connectivity index (χ4n) is 1.31. The first kappa shape index (κ1) is 11.5. The third-order valence-corrected chi connectivity index (χ3v) is 2.19. The lowest BCUT2D eigenvalue weighted by molar-refractivity contribution is 0.0956. The number of amides is 1. The van der Waals surface area contributed by atoms with Crippen LogP contribution in [0.1, 0.15) is 28.4 Å². The molecule has 2 nitrogen and oxygen atoms in total. The van der Waals surface area contributed by atoms with Crippen molar-refractivity contribution in [3.63, 3.8) is 0 Å². The number of carbonyl (C=O) groups is 1. The molecule has 2 heteroatoms. The van der Waals surface area contributed by atoms with E-state index in [0.717, 1.165) is 22.3 Å². The van der Waals surface area contributed by atoms with Crippen molar-refractivity contribution in [3.8, 4) is 0 Å². The Morgan fingerprint density at radius 3 is 2.67 bits per heavy atom. The lowest BCUT2D eigenvalue weighted by Crippen LogP contribution is -2.25. The summed E-state index contributed by atoms with van der Waals surface area (Å²) in [5.41, 5.74) is 3.80. The highest BCUT2D eigenvalue weighted by Crippen LogP contribution is 2.10. The molecule has 0 fully saturated rings. The maximum Gasteiger partial charge on any atom is 0.251 e. The first-order valence-electron chi connectivity index (χ1n) is 5.00. The van der Waals surface area contributed by atoms with Gasteiger partial charge in [-0.1, -0.05) is 29.8 Å². The molecule has 15 heavy (non-hydrogen) atoms. The average molecular weight is 203 g/mol. The van der Waals surface area contributed by atoms with Crippen molar-refractivity contribution in [2.24, 2.45) is 0 Å². The largest absolute Gasteiger partial charge is 0.348 e. The van der Waals surface area contributed by atoms with Crippen LogP contribution in [0, 0.1) is 13.8 Å². The van der Waals surface area contributed by atoms with E-state index in [1.807, 2.05) is 39.0 Å². The van der Waals surface area contributed by atoms with Crippen LogP contribution in [0.25, 0.3) is 0 Å². The Morgan fingerprint density at radius 2 is 2.07 bits per heavy atom. The summed E-state index contributed by atoms with van der Waals surface area (Å²) in [5.74, 6) is -0.0285. The van der Waals surface area contributed by atoms with E-state index in [1.165, 1.54) is 0 Å². The Kier molecular flexibility index (Phi) is 3.67. The number of carbonyl (C=O) groups excluding carboxylic acids is 1. The molecule has 0 heterocycles. The number of hydrogen-bond acceptors (Lipinski definition) is 1. The molecular formula is C13H17NO. The van der Waals surface area contributed by atoms with Gasteiger partial charge in [-0.2, -0.15) is 0 Å².